The fourth-order valence-electron chi connectivity index (χ4n) is 1.63. The van der Waals surface area contributed by atoms with Gasteiger partial charge in [-0.3, -0.25) is 0 Å². The quantitative estimate of drug-likeness (QED) is 0.595. The van der Waals surface area contributed by atoms with Crippen LogP contribution in [-0.4, -0.2) is 5.11 Å². The van der Waals surface area contributed by atoms with Gasteiger partial charge in [0.2, 0.25) is 0 Å². The number of aliphatic hydroxyl groups is 1. The van der Waals surface area contributed by atoms with E-state index in [1.54, 1.807) is 0 Å². The van der Waals surface area contributed by atoms with E-state index < -0.39 is 0 Å². The first-order valence-corrected chi connectivity index (χ1v) is 5.80. The van der Waals surface area contributed by atoms with Crippen molar-refractivity contribution in [2.24, 2.45) is 17.8 Å². The summed E-state index contributed by atoms with van der Waals surface area (Å²) in [7, 11) is 0. The molecule has 0 saturated carbocycles. The van der Waals surface area contributed by atoms with E-state index in [1.807, 2.05) is 0 Å². The molecule has 1 nitrogen and oxygen atoms in total. The molecule has 0 aliphatic carbocycles. The van der Waals surface area contributed by atoms with Crippen LogP contribution in [0.25, 0.3) is 0 Å². The summed E-state index contributed by atoms with van der Waals surface area (Å²) in [5.41, 5.74) is 0. The maximum atomic E-state index is 9.03. The molecular weight excluding hydrogens is 172 g/mol. The van der Waals surface area contributed by atoms with Crippen molar-refractivity contribution >= 4 is 0 Å². The highest BCUT2D eigenvalue weighted by Gasteiger charge is 2.08. The highest BCUT2D eigenvalue weighted by Crippen LogP contribution is 2.21. The number of allylic oxidation sites excluding steroid dienone is 1. The van der Waals surface area contributed by atoms with E-state index in [4.69, 9.17) is 5.11 Å². The Kier molecular flexibility index (Phi) is 6.69. The maximum absolute atomic E-state index is 9.03. The standard InChI is InChI=1S/C13H26O/c1-10(2)12(4)8-6-7-11(3)9-13(5)14/h10-12,14H,5-9H2,1-4H3. The third-order valence-corrected chi connectivity index (χ3v) is 3.08. The number of aliphatic hydroxyl groups excluding tert-OH is 1. The summed E-state index contributed by atoms with van der Waals surface area (Å²) >= 11 is 0. The van der Waals surface area contributed by atoms with E-state index in [9.17, 15) is 0 Å². The normalized spacial score (nSPS) is 15.5. The van der Waals surface area contributed by atoms with Gasteiger partial charge in [-0.05, 0) is 17.8 Å². The predicted octanol–water partition coefficient (Wildman–Crippen LogP) is 4.55. The van der Waals surface area contributed by atoms with Crippen LogP contribution in [0.4, 0.5) is 0 Å². The summed E-state index contributed by atoms with van der Waals surface area (Å²) in [6, 6.07) is 0. The van der Waals surface area contributed by atoms with Crippen molar-refractivity contribution in [2.75, 3.05) is 0 Å². The van der Waals surface area contributed by atoms with E-state index in [-0.39, 0.29) is 0 Å². The Bertz CT molecular complexity index is 161. The van der Waals surface area contributed by atoms with Crippen molar-refractivity contribution in [3.05, 3.63) is 12.3 Å². The van der Waals surface area contributed by atoms with E-state index in [0.717, 1.165) is 18.3 Å². The lowest BCUT2D eigenvalue weighted by molar-refractivity contribution is 0.330. The van der Waals surface area contributed by atoms with Gasteiger partial charge in [0.25, 0.3) is 0 Å². The van der Waals surface area contributed by atoms with E-state index >= 15 is 0 Å². The smallest absolute Gasteiger partial charge is 0.0853 e. The summed E-state index contributed by atoms with van der Waals surface area (Å²) in [4.78, 5) is 0. The summed E-state index contributed by atoms with van der Waals surface area (Å²) in [5.74, 6) is 2.51. The largest absolute Gasteiger partial charge is 0.513 e. The molecule has 0 radical (unpaired) electrons. The zero-order chi connectivity index (χ0) is 11.1. The molecule has 0 aliphatic rings. The minimum absolute atomic E-state index is 0.328. The molecule has 0 aromatic heterocycles. The minimum atomic E-state index is 0.328. The molecule has 0 rings (SSSR count). The lowest BCUT2D eigenvalue weighted by Gasteiger charge is -2.16. The average Bonchev–Trinajstić information content (AvgIpc) is 2.02. The van der Waals surface area contributed by atoms with Crippen LogP contribution in [0, 0.1) is 17.8 Å². The lowest BCUT2D eigenvalue weighted by Crippen LogP contribution is -2.05. The molecule has 0 saturated heterocycles. The van der Waals surface area contributed by atoms with E-state index in [0.29, 0.717) is 11.7 Å². The second-order valence-electron chi connectivity index (χ2n) is 5.03. The summed E-state index contributed by atoms with van der Waals surface area (Å²) in [6.45, 7) is 12.6. The molecule has 0 spiro atoms. The molecule has 0 amide bonds. The average molecular weight is 198 g/mol. The Morgan fingerprint density at radius 1 is 1.14 bits per heavy atom. The van der Waals surface area contributed by atoms with Crippen LogP contribution in [0.5, 0.6) is 0 Å². The molecule has 1 N–H and O–H groups in total. The fourth-order valence-corrected chi connectivity index (χ4v) is 1.63. The van der Waals surface area contributed by atoms with Gasteiger partial charge in [0.05, 0.1) is 5.76 Å². The van der Waals surface area contributed by atoms with E-state index in [2.05, 4.69) is 34.3 Å². The van der Waals surface area contributed by atoms with Gasteiger partial charge in [-0.1, -0.05) is 53.5 Å². The zero-order valence-corrected chi connectivity index (χ0v) is 10.2. The maximum Gasteiger partial charge on any atom is 0.0853 e. The molecule has 84 valence electrons. The predicted molar refractivity (Wildman–Crippen MR) is 63.4 cm³/mol. The van der Waals surface area contributed by atoms with Crippen molar-refractivity contribution in [3.8, 4) is 0 Å². The Morgan fingerprint density at radius 3 is 2.14 bits per heavy atom. The molecule has 0 bridgehead atoms. The molecule has 0 fully saturated rings. The van der Waals surface area contributed by atoms with Crippen molar-refractivity contribution in [1.29, 1.82) is 0 Å². The second-order valence-corrected chi connectivity index (χ2v) is 5.03. The highest BCUT2D eigenvalue weighted by atomic mass is 16.3. The monoisotopic (exact) mass is 198 g/mol. The Balaban J connectivity index is 3.48. The number of hydrogen-bond acceptors (Lipinski definition) is 1. The fraction of sp³-hybridized carbons (Fsp3) is 0.846. The van der Waals surface area contributed by atoms with Gasteiger partial charge in [-0.15, -0.1) is 0 Å². The molecule has 0 aromatic carbocycles. The van der Waals surface area contributed by atoms with Crippen LogP contribution >= 0.6 is 0 Å². The van der Waals surface area contributed by atoms with Crippen LogP contribution in [0.15, 0.2) is 12.3 Å². The van der Waals surface area contributed by atoms with Crippen LogP contribution in [-0.2, 0) is 0 Å². The molecule has 14 heavy (non-hydrogen) atoms. The first-order chi connectivity index (χ1) is 6.43. The van der Waals surface area contributed by atoms with Gasteiger partial charge in [0, 0.05) is 6.42 Å². The summed E-state index contributed by atoms with van der Waals surface area (Å²) in [5, 5.41) is 9.03. The molecule has 0 aromatic rings. The SMILES string of the molecule is C=C(O)CC(C)CCCC(C)C(C)C. The Hall–Kier alpha value is -0.460. The summed E-state index contributed by atoms with van der Waals surface area (Å²) < 4.78 is 0. The second kappa shape index (κ2) is 6.92. The number of rotatable bonds is 7. The van der Waals surface area contributed by atoms with Crippen LogP contribution in [0.2, 0.25) is 0 Å². The molecule has 2 unspecified atom stereocenters. The van der Waals surface area contributed by atoms with Crippen LogP contribution < -0.4 is 0 Å². The van der Waals surface area contributed by atoms with Gasteiger partial charge < -0.3 is 5.11 Å². The van der Waals surface area contributed by atoms with Crippen LogP contribution in [0.3, 0.4) is 0 Å². The van der Waals surface area contributed by atoms with Crippen LogP contribution in [0.1, 0.15) is 53.4 Å². The third kappa shape index (κ3) is 6.99. The molecular formula is C13H26O. The van der Waals surface area contributed by atoms with Crippen molar-refractivity contribution in [2.45, 2.75) is 53.4 Å². The van der Waals surface area contributed by atoms with Crippen molar-refractivity contribution in [3.63, 3.8) is 0 Å². The Morgan fingerprint density at radius 2 is 1.71 bits per heavy atom. The zero-order valence-electron chi connectivity index (χ0n) is 10.2. The van der Waals surface area contributed by atoms with Crippen molar-refractivity contribution in [1.82, 2.24) is 0 Å². The first-order valence-electron chi connectivity index (χ1n) is 5.80. The number of hydrogen-bond donors (Lipinski definition) is 1. The minimum Gasteiger partial charge on any atom is -0.513 e. The van der Waals surface area contributed by atoms with Gasteiger partial charge in [0.1, 0.15) is 0 Å². The van der Waals surface area contributed by atoms with E-state index in [1.165, 1.54) is 19.3 Å². The van der Waals surface area contributed by atoms with Gasteiger partial charge in [-0.25, -0.2) is 0 Å². The molecule has 0 heterocycles. The van der Waals surface area contributed by atoms with Gasteiger partial charge in [-0.2, -0.15) is 0 Å². The van der Waals surface area contributed by atoms with Gasteiger partial charge in [0.15, 0.2) is 0 Å². The Labute approximate surface area is 89.2 Å². The molecule has 1 heteroatoms. The third-order valence-electron chi connectivity index (χ3n) is 3.08. The topological polar surface area (TPSA) is 20.2 Å². The molecule has 2 atom stereocenters. The summed E-state index contributed by atoms with van der Waals surface area (Å²) in [6.07, 6.45) is 4.54. The van der Waals surface area contributed by atoms with Crippen molar-refractivity contribution < 1.29 is 5.11 Å². The first kappa shape index (κ1) is 13.5. The molecule has 0 aliphatic heterocycles. The highest BCUT2D eigenvalue weighted by molar-refractivity contribution is 4.80. The lowest BCUT2D eigenvalue weighted by atomic mass is 9.90. The van der Waals surface area contributed by atoms with Gasteiger partial charge >= 0.3 is 0 Å².